The minimum Gasteiger partial charge on any atom is -0.508 e. The third-order valence-electron chi connectivity index (χ3n) is 2.41. The van der Waals surface area contributed by atoms with Crippen molar-refractivity contribution in [2.24, 2.45) is 0 Å². The van der Waals surface area contributed by atoms with Gasteiger partial charge in [0.15, 0.2) is 0 Å². The van der Waals surface area contributed by atoms with Gasteiger partial charge in [-0.15, -0.1) is 0 Å². The summed E-state index contributed by atoms with van der Waals surface area (Å²) in [5.74, 6) is 1.14. The van der Waals surface area contributed by atoms with Gasteiger partial charge in [0.1, 0.15) is 11.5 Å². The average molecular weight is 179 g/mol. The number of rotatable bonds is 2. The summed E-state index contributed by atoms with van der Waals surface area (Å²) < 4.78 is 5.21. The number of aromatic hydroxyl groups is 1. The van der Waals surface area contributed by atoms with Crippen LogP contribution in [0.4, 0.5) is 0 Å². The number of hydrogen-bond donors (Lipinski definition) is 2. The Bertz CT molecular complexity index is 308. The van der Waals surface area contributed by atoms with Gasteiger partial charge < -0.3 is 15.2 Å². The molecular formula is C10H13NO2. The quantitative estimate of drug-likeness (QED) is 0.721. The second-order valence-corrected chi connectivity index (χ2v) is 3.22. The Morgan fingerprint density at radius 2 is 2.31 bits per heavy atom. The van der Waals surface area contributed by atoms with Gasteiger partial charge in [0.25, 0.3) is 0 Å². The molecule has 0 unspecified atom stereocenters. The predicted octanol–water partition coefficient (Wildman–Crippen LogP) is 1.44. The molecule has 3 heteroatoms. The van der Waals surface area contributed by atoms with Crippen LogP contribution in [0.15, 0.2) is 18.2 Å². The number of phenols is 1. The number of methoxy groups -OCH3 is 1. The Morgan fingerprint density at radius 1 is 1.54 bits per heavy atom. The van der Waals surface area contributed by atoms with Gasteiger partial charge in [-0.25, -0.2) is 0 Å². The van der Waals surface area contributed by atoms with Gasteiger partial charge in [-0.2, -0.15) is 0 Å². The Kier molecular flexibility index (Phi) is 2.10. The van der Waals surface area contributed by atoms with Crippen molar-refractivity contribution in [2.45, 2.75) is 12.5 Å². The summed E-state index contributed by atoms with van der Waals surface area (Å²) >= 11 is 0. The molecule has 1 aromatic carbocycles. The van der Waals surface area contributed by atoms with Crippen LogP contribution in [0.25, 0.3) is 0 Å². The molecule has 1 atom stereocenters. The zero-order valence-electron chi connectivity index (χ0n) is 7.58. The molecule has 13 heavy (non-hydrogen) atoms. The molecule has 0 saturated carbocycles. The lowest BCUT2D eigenvalue weighted by Gasteiger charge is -2.29. The Labute approximate surface area is 77.3 Å². The van der Waals surface area contributed by atoms with E-state index >= 15 is 0 Å². The van der Waals surface area contributed by atoms with E-state index in [2.05, 4.69) is 5.32 Å². The van der Waals surface area contributed by atoms with E-state index in [4.69, 9.17) is 4.74 Å². The van der Waals surface area contributed by atoms with Crippen LogP contribution in [-0.4, -0.2) is 18.8 Å². The first-order chi connectivity index (χ1) is 6.31. The number of hydrogen-bond acceptors (Lipinski definition) is 3. The molecule has 2 N–H and O–H groups in total. The normalized spacial score (nSPS) is 20.8. The second kappa shape index (κ2) is 3.26. The van der Waals surface area contributed by atoms with Gasteiger partial charge in [-0.1, -0.05) is 0 Å². The van der Waals surface area contributed by atoms with Gasteiger partial charge in [-0.05, 0) is 31.2 Å². The highest BCUT2D eigenvalue weighted by molar-refractivity contribution is 5.42. The summed E-state index contributed by atoms with van der Waals surface area (Å²) in [6.07, 6.45) is 1.11. The van der Waals surface area contributed by atoms with Crippen molar-refractivity contribution in [3.63, 3.8) is 0 Å². The highest BCUT2D eigenvalue weighted by Crippen LogP contribution is 2.33. The van der Waals surface area contributed by atoms with E-state index in [0.29, 0.717) is 11.8 Å². The summed E-state index contributed by atoms with van der Waals surface area (Å²) in [6, 6.07) is 5.54. The standard InChI is InChI=1S/C10H13NO2/c1-13-10-3-2-7(12)6-8(10)9-4-5-11-9/h2-3,6,9,11-12H,4-5H2,1H3/t9-/m0/s1. The first-order valence-corrected chi connectivity index (χ1v) is 4.41. The monoisotopic (exact) mass is 179 g/mol. The topological polar surface area (TPSA) is 41.5 Å². The fourth-order valence-electron chi connectivity index (χ4n) is 1.55. The van der Waals surface area contributed by atoms with Gasteiger partial charge in [0, 0.05) is 11.6 Å². The van der Waals surface area contributed by atoms with Crippen molar-refractivity contribution < 1.29 is 9.84 Å². The fraction of sp³-hybridized carbons (Fsp3) is 0.400. The van der Waals surface area contributed by atoms with Crippen molar-refractivity contribution >= 4 is 0 Å². The molecule has 70 valence electrons. The summed E-state index contributed by atoms with van der Waals surface area (Å²) in [5.41, 5.74) is 1.05. The Balaban J connectivity index is 2.33. The minimum atomic E-state index is 0.296. The summed E-state index contributed by atoms with van der Waals surface area (Å²) in [5, 5.41) is 12.6. The van der Waals surface area contributed by atoms with Crippen LogP contribution in [0.1, 0.15) is 18.0 Å². The van der Waals surface area contributed by atoms with Gasteiger partial charge in [-0.3, -0.25) is 0 Å². The zero-order valence-corrected chi connectivity index (χ0v) is 7.58. The van der Waals surface area contributed by atoms with Crippen molar-refractivity contribution in [2.75, 3.05) is 13.7 Å². The van der Waals surface area contributed by atoms with Gasteiger partial charge in [0.2, 0.25) is 0 Å². The molecule has 0 spiro atoms. The predicted molar refractivity (Wildman–Crippen MR) is 50.0 cm³/mol. The summed E-state index contributed by atoms with van der Waals surface area (Å²) in [4.78, 5) is 0. The third-order valence-corrected chi connectivity index (χ3v) is 2.41. The second-order valence-electron chi connectivity index (χ2n) is 3.22. The number of benzene rings is 1. The summed E-state index contributed by atoms with van der Waals surface area (Å²) in [6.45, 7) is 1.05. The van der Waals surface area contributed by atoms with E-state index in [0.717, 1.165) is 24.3 Å². The maximum absolute atomic E-state index is 9.32. The molecule has 1 saturated heterocycles. The van der Waals surface area contributed by atoms with Crippen molar-refractivity contribution in [3.05, 3.63) is 23.8 Å². The molecular weight excluding hydrogens is 166 g/mol. The van der Waals surface area contributed by atoms with E-state index in [1.54, 1.807) is 25.3 Å². The van der Waals surface area contributed by atoms with Crippen LogP contribution in [0, 0.1) is 0 Å². The molecule has 2 rings (SSSR count). The van der Waals surface area contributed by atoms with E-state index in [9.17, 15) is 5.11 Å². The lowest BCUT2D eigenvalue weighted by molar-refractivity contribution is 0.351. The van der Waals surface area contributed by atoms with Gasteiger partial charge in [0.05, 0.1) is 7.11 Å². The lowest BCUT2D eigenvalue weighted by Crippen LogP contribution is -2.35. The largest absolute Gasteiger partial charge is 0.508 e. The van der Waals surface area contributed by atoms with Crippen LogP contribution in [-0.2, 0) is 0 Å². The first kappa shape index (κ1) is 8.38. The summed E-state index contributed by atoms with van der Waals surface area (Å²) in [7, 11) is 1.65. The van der Waals surface area contributed by atoms with Crippen molar-refractivity contribution in [1.29, 1.82) is 0 Å². The number of phenolic OH excluding ortho intramolecular Hbond substituents is 1. The van der Waals surface area contributed by atoms with Crippen LogP contribution in [0.2, 0.25) is 0 Å². The highest BCUT2D eigenvalue weighted by Gasteiger charge is 2.22. The number of ether oxygens (including phenoxy) is 1. The fourth-order valence-corrected chi connectivity index (χ4v) is 1.55. The zero-order chi connectivity index (χ0) is 9.26. The lowest BCUT2D eigenvalue weighted by atomic mass is 9.97. The van der Waals surface area contributed by atoms with Crippen LogP contribution in [0.5, 0.6) is 11.5 Å². The molecule has 0 radical (unpaired) electrons. The average Bonchev–Trinajstić information content (AvgIpc) is 2.02. The molecule has 0 aliphatic carbocycles. The van der Waals surface area contributed by atoms with E-state index in [1.165, 1.54) is 0 Å². The Morgan fingerprint density at radius 3 is 2.85 bits per heavy atom. The molecule has 1 heterocycles. The highest BCUT2D eigenvalue weighted by atomic mass is 16.5. The molecule has 1 aromatic rings. The SMILES string of the molecule is COc1ccc(O)cc1[C@@H]1CCN1. The Hall–Kier alpha value is -1.22. The maximum Gasteiger partial charge on any atom is 0.123 e. The molecule has 1 aliphatic heterocycles. The third kappa shape index (κ3) is 1.47. The first-order valence-electron chi connectivity index (χ1n) is 4.41. The van der Waals surface area contributed by atoms with E-state index in [-0.39, 0.29) is 0 Å². The molecule has 0 aromatic heterocycles. The molecule has 0 bridgehead atoms. The number of nitrogens with one attached hydrogen (secondary N) is 1. The van der Waals surface area contributed by atoms with Gasteiger partial charge >= 0.3 is 0 Å². The van der Waals surface area contributed by atoms with E-state index < -0.39 is 0 Å². The van der Waals surface area contributed by atoms with Crippen LogP contribution < -0.4 is 10.1 Å². The minimum absolute atomic E-state index is 0.296. The smallest absolute Gasteiger partial charge is 0.123 e. The molecule has 0 amide bonds. The molecule has 3 nitrogen and oxygen atoms in total. The van der Waals surface area contributed by atoms with Crippen LogP contribution >= 0.6 is 0 Å². The van der Waals surface area contributed by atoms with E-state index in [1.807, 2.05) is 0 Å². The molecule has 1 fully saturated rings. The van der Waals surface area contributed by atoms with Crippen LogP contribution in [0.3, 0.4) is 0 Å². The van der Waals surface area contributed by atoms with Crippen molar-refractivity contribution in [1.82, 2.24) is 5.32 Å². The maximum atomic E-state index is 9.32. The molecule has 1 aliphatic rings. The van der Waals surface area contributed by atoms with Crippen molar-refractivity contribution in [3.8, 4) is 11.5 Å².